The molecule has 3 unspecified atom stereocenters. The minimum Gasteiger partial charge on any atom is -0.310 e. The van der Waals surface area contributed by atoms with Gasteiger partial charge in [0.05, 0.1) is 0 Å². The Labute approximate surface area is 119 Å². The molecule has 0 aliphatic heterocycles. The van der Waals surface area contributed by atoms with Gasteiger partial charge in [-0.2, -0.15) is 0 Å². The lowest BCUT2D eigenvalue weighted by molar-refractivity contribution is 0.242. The predicted molar refractivity (Wildman–Crippen MR) is 81.7 cm³/mol. The van der Waals surface area contributed by atoms with Crippen molar-refractivity contribution in [2.45, 2.75) is 45.6 Å². The SMILES string of the molecule is CC(NCC1CCCCC1C)c1ccc(Br)cc1. The minimum atomic E-state index is 0.451. The standard InChI is InChI=1S/C16H24BrN/c1-12-5-3-4-6-15(12)11-18-13(2)14-7-9-16(17)10-8-14/h7-10,12-13,15,18H,3-6,11H2,1-2H3. The predicted octanol–water partition coefficient (Wildman–Crippen LogP) is 4.93. The number of nitrogens with one attached hydrogen (secondary N) is 1. The molecule has 1 aliphatic rings. The van der Waals surface area contributed by atoms with E-state index in [1.807, 2.05) is 0 Å². The van der Waals surface area contributed by atoms with E-state index in [1.54, 1.807) is 0 Å². The smallest absolute Gasteiger partial charge is 0.0291 e. The van der Waals surface area contributed by atoms with Crippen LogP contribution in [0.1, 0.15) is 51.1 Å². The zero-order valence-corrected chi connectivity index (χ0v) is 13.0. The van der Waals surface area contributed by atoms with Crippen molar-refractivity contribution in [3.8, 4) is 0 Å². The molecule has 1 aromatic carbocycles. The average molecular weight is 310 g/mol. The van der Waals surface area contributed by atoms with Crippen LogP contribution in [0.15, 0.2) is 28.7 Å². The zero-order valence-electron chi connectivity index (χ0n) is 11.5. The Bertz CT molecular complexity index is 360. The van der Waals surface area contributed by atoms with Gasteiger partial charge in [0.2, 0.25) is 0 Å². The van der Waals surface area contributed by atoms with Gasteiger partial charge in [-0.05, 0) is 49.4 Å². The van der Waals surface area contributed by atoms with E-state index >= 15 is 0 Å². The van der Waals surface area contributed by atoms with Crippen molar-refractivity contribution in [1.82, 2.24) is 5.32 Å². The molecule has 0 radical (unpaired) electrons. The summed E-state index contributed by atoms with van der Waals surface area (Å²) < 4.78 is 1.15. The van der Waals surface area contributed by atoms with Gasteiger partial charge in [-0.1, -0.05) is 54.2 Å². The first-order valence-electron chi connectivity index (χ1n) is 7.15. The van der Waals surface area contributed by atoms with Gasteiger partial charge >= 0.3 is 0 Å². The first-order chi connectivity index (χ1) is 8.66. The van der Waals surface area contributed by atoms with Gasteiger partial charge in [-0.25, -0.2) is 0 Å². The molecular formula is C16H24BrN. The second kappa shape index (κ2) is 6.72. The van der Waals surface area contributed by atoms with E-state index in [4.69, 9.17) is 0 Å². The van der Waals surface area contributed by atoms with Crippen LogP contribution < -0.4 is 5.32 Å². The highest BCUT2D eigenvalue weighted by atomic mass is 79.9. The van der Waals surface area contributed by atoms with Crippen LogP contribution in [0.4, 0.5) is 0 Å². The third kappa shape index (κ3) is 3.83. The van der Waals surface area contributed by atoms with Crippen LogP contribution in [-0.2, 0) is 0 Å². The molecule has 0 saturated heterocycles. The van der Waals surface area contributed by atoms with E-state index in [9.17, 15) is 0 Å². The highest BCUT2D eigenvalue weighted by molar-refractivity contribution is 9.10. The first kappa shape index (κ1) is 14.1. The van der Waals surface area contributed by atoms with Crippen molar-refractivity contribution in [3.05, 3.63) is 34.3 Å². The van der Waals surface area contributed by atoms with E-state index < -0.39 is 0 Å². The molecule has 1 aromatic rings. The number of hydrogen-bond donors (Lipinski definition) is 1. The lowest BCUT2D eigenvalue weighted by Gasteiger charge is -2.30. The Morgan fingerprint density at radius 3 is 2.56 bits per heavy atom. The molecule has 1 fully saturated rings. The zero-order chi connectivity index (χ0) is 13.0. The number of benzene rings is 1. The second-order valence-corrected chi connectivity index (χ2v) is 6.62. The van der Waals surface area contributed by atoms with Gasteiger partial charge in [0.25, 0.3) is 0 Å². The molecule has 0 amide bonds. The topological polar surface area (TPSA) is 12.0 Å². The Hall–Kier alpha value is -0.340. The number of hydrogen-bond acceptors (Lipinski definition) is 1. The van der Waals surface area contributed by atoms with Gasteiger partial charge in [-0.3, -0.25) is 0 Å². The van der Waals surface area contributed by atoms with E-state index in [-0.39, 0.29) is 0 Å². The Morgan fingerprint density at radius 1 is 1.22 bits per heavy atom. The van der Waals surface area contributed by atoms with E-state index in [0.717, 1.165) is 16.3 Å². The fourth-order valence-electron chi connectivity index (χ4n) is 2.89. The molecule has 18 heavy (non-hydrogen) atoms. The van der Waals surface area contributed by atoms with E-state index in [2.05, 4.69) is 59.4 Å². The molecule has 0 spiro atoms. The molecule has 100 valence electrons. The monoisotopic (exact) mass is 309 g/mol. The van der Waals surface area contributed by atoms with Crippen LogP contribution in [0.2, 0.25) is 0 Å². The fraction of sp³-hybridized carbons (Fsp3) is 0.625. The normalized spacial score (nSPS) is 25.9. The van der Waals surface area contributed by atoms with Crippen LogP contribution in [0.3, 0.4) is 0 Å². The molecule has 2 heteroatoms. The van der Waals surface area contributed by atoms with Crippen molar-refractivity contribution in [3.63, 3.8) is 0 Å². The Kier molecular flexibility index (Phi) is 5.25. The molecule has 1 saturated carbocycles. The molecule has 1 N–H and O–H groups in total. The van der Waals surface area contributed by atoms with Gasteiger partial charge < -0.3 is 5.32 Å². The molecule has 1 aliphatic carbocycles. The molecule has 0 aromatic heterocycles. The summed E-state index contributed by atoms with van der Waals surface area (Å²) in [4.78, 5) is 0. The van der Waals surface area contributed by atoms with Crippen molar-refractivity contribution < 1.29 is 0 Å². The van der Waals surface area contributed by atoms with Crippen molar-refractivity contribution in [2.24, 2.45) is 11.8 Å². The average Bonchev–Trinajstić information content (AvgIpc) is 2.38. The third-order valence-corrected chi connectivity index (χ3v) is 4.87. The highest BCUT2D eigenvalue weighted by Crippen LogP contribution is 2.29. The number of rotatable bonds is 4. The molecule has 2 rings (SSSR count). The molecule has 0 heterocycles. The van der Waals surface area contributed by atoms with Gasteiger partial charge in [0.1, 0.15) is 0 Å². The summed E-state index contributed by atoms with van der Waals surface area (Å²) in [6, 6.07) is 9.10. The van der Waals surface area contributed by atoms with Crippen LogP contribution in [0.25, 0.3) is 0 Å². The molecule has 3 atom stereocenters. The quantitative estimate of drug-likeness (QED) is 0.832. The van der Waals surface area contributed by atoms with Gasteiger partial charge in [-0.15, -0.1) is 0 Å². The summed E-state index contributed by atoms with van der Waals surface area (Å²) in [6.45, 7) is 5.84. The summed E-state index contributed by atoms with van der Waals surface area (Å²) in [5.74, 6) is 1.76. The second-order valence-electron chi connectivity index (χ2n) is 5.70. The van der Waals surface area contributed by atoms with Crippen molar-refractivity contribution in [1.29, 1.82) is 0 Å². The summed E-state index contributed by atoms with van der Waals surface area (Å²) in [5.41, 5.74) is 1.38. The van der Waals surface area contributed by atoms with Crippen LogP contribution in [-0.4, -0.2) is 6.54 Å². The minimum absolute atomic E-state index is 0.451. The molecular weight excluding hydrogens is 286 g/mol. The van der Waals surface area contributed by atoms with Gasteiger partial charge in [0.15, 0.2) is 0 Å². The first-order valence-corrected chi connectivity index (χ1v) is 7.95. The van der Waals surface area contributed by atoms with E-state index in [0.29, 0.717) is 6.04 Å². The van der Waals surface area contributed by atoms with Gasteiger partial charge in [0, 0.05) is 10.5 Å². The number of halogens is 1. The summed E-state index contributed by atoms with van der Waals surface area (Å²) in [7, 11) is 0. The summed E-state index contributed by atoms with van der Waals surface area (Å²) >= 11 is 3.48. The maximum Gasteiger partial charge on any atom is 0.0291 e. The lowest BCUT2D eigenvalue weighted by atomic mass is 9.80. The van der Waals surface area contributed by atoms with Crippen LogP contribution >= 0.6 is 15.9 Å². The largest absolute Gasteiger partial charge is 0.310 e. The maximum atomic E-state index is 3.70. The molecule has 1 nitrogen and oxygen atoms in total. The Morgan fingerprint density at radius 2 is 1.89 bits per heavy atom. The van der Waals surface area contributed by atoms with E-state index in [1.165, 1.54) is 37.8 Å². The van der Waals surface area contributed by atoms with Crippen molar-refractivity contribution in [2.75, 3.05) is 6.54 Å². The molecule has 0 bridgehead atoms. The lowest BCUT2D eigenvalue weighted by Crippen LogP contribution is -2.31. The van der Waals surface area contributed by atoms with Crippen molar-refractivity contribution >= 4 is 15.9 Å². The fourth-order valence-corrected chi connectivity index (χ4v) is 3.16. The summed E-state index contributed by atoms with van der Waals surface area (Å²) in [6.07, 6.45) is 5.67. The summed E-state index contributed by atoms with van der Waals surface area (Å²) in [5, 5.41) is 3.70. The van der Waals surface area contributed by atoms with Crippen LogP contribution in [0, 0.1) is 11.8 Å². The maximum absolute atomic E-state index is 3.70. The highest BCUT2D eigenvalue weighted by Gasteiger charge is 2.21. The van der Waals surface area contributed by atoms with Crippen LogP contribution in [0.5, 0.6) is 0 Å². The Balaban J connectivity index is 1.83. The third-order valence-electron chi connectivity index (χ3n) is 4.35.